The van der Waals surface area contributed by atoms with Gasteiger partial charge in [0.15, 0.2) is 5.13 Å². The van der Waals surface area contributed by atoms with E-state index in [1.807, 2.05) is 12.1 Å². The number of methoxy groups -OCH3 is 1. The molecule has 9 nitrogen and oxygen atoms in total. The highest BCUT2D eigenvalue weighted by Gasteiger charge is 2.20. The van der Waals surface area contributed by atoms with Crippen LogP contribution in [-0.2, 0) is 10.0 Å². The number of ether oxygens (including phenoxy) is 1. The van der Waals surface area contributed by atoms with Gasteiger partial charge in [-0.25, -0.2) is 13.4 Å². The van der Waals surface area contributed by atoms with Crippen molar-refractivity contribution in [3.8, 4) is 5.75 Å². The van der Waals surface area contributed by atoms with Crippen molar-refractivity contribution < 1.29 is 17.9 Å². The average Bonchev–Trinajstić information content (AvgIpc) is 3.37. The molecule has 4 aromatic rings. The molecule has 13 heteroatoms. The predicted molar refractivity (Wildman–Crippen MR) is 166 cm³/mol. The lowest BCUT2D eigenvalue weighted by Gasteiger charge is -2.34. The van der Waals surface area contributed by atoms with E-state index < -0.39 is 10.0 Å². The van der Waals surface area contributed by atoms with Crippen molar-refractivity contribution in [2.24, 2.45) is 0 Å². The van der Waals surface area contributed by atoms with E-state index in [-0.39, 0.29) is 23.2 Å². The SMILES string of the molecule is COc1ccc(S(=O)(=O)Nc2ccc(C(=O)NCCN3CCN(c4nc5ccc(Br)cc5s4)CC3)cc2)cc1.Cl. The van der Waals surface area contributed by atoms with Crippen LogP contribution >= 0.6 is 39.7 Å². The third-order valence-corrected chi connectivity index (χ3v) is 9.43. The second-order valence-electron chi connectivity index (χ2n) is 9.05. The number of hydrogen-bond acceptors (Lipinski definition) is 8. The Labute approximate surface area is 252 Å². The predicted octanol–water partition coefficient (Wildman–Crippen LogP) is 4.84. The van der Waals surface area contributed by atoms with E-state index in [1.54, 1.807) is 47.7 Å². The smallest absolute Gasteiger partial charge is 0.261 e. The molecular weight excluding hydrogens is 638 g/mol. The number of hydrogen-bond donors (Lipinski definition) is 2. The van der Waals surface area contributed by atoms with Crippen molar-refractivity contribution in [2.45, 2.75) is 4.90 Å². The van der Waals surface area contributed by atoms with Gasteiger partial charge in [-0.05, 0) is 66.7 Å². The largest absolute Gasteiger partial charge is 0.497 e. The minimum Gasteiger partial charge on any atom is -0.497 e. The Morgan fingerprint density at radius 2 is 1.73 bits per heavy atom. The topological polar surface area (TPSA) is 104 Å². The first kappa shape index (κ1) is 30.1. The van der Waals surface area contributed by atoms with Crippen LogP contribution in [0.25, 0.3) is 10.2 Å². The van der Waals surface area contributed by atoms with E-state index in [9.17, 15) is 13.2 Å². The number of halogens is 2. The summed E-state index contributed by atoms with van der Waals surface area (Å²) in [5.41, 5.74) is 1.86. The summed E-state index contributed by atoms with van der Waals surface area (Å²) < 4.78 is 35.1. The van der Waals surface area contributed by atoms with Gasteiger partial charge in [0.1, 0.15) is 5.75 Å². The summed E-state index contributed by atoms with van der Waals surface area (Å²) in [5, 5.41) is 4.00. The standard InChI is InChI=1S/C27H28BrN5O4S2.ClH/c1-37-22-7-9-23(10-8-22)39(35,36)31-21-5-2-19(3-6-21)26(34)29-12-13-32-14-16-33(17-15-32)27-30-24-11-4-20(28)18-25(24)38-27;/h2-11,18,31H,12-17H2,1H3,(H,29,34);1H. The molecule has 1 amide bonds. The summed E-state index contributed by atoms with van der Waals surface area (Å²) in [7, 11) is -2.23. The normalized spacial score (nSPS) is 14.0. The van der Waals surface area contributed by atoms with Crippen LogP contribution in [0.2, 0.25) is 0 Å². The van der Waals surface area contributed by atoms with Gasteiger partial charge < -0.3 is 15.0 Å². The zero-order chi connectivity index (χ0) is 27.4. The van der Waals surface area contributed by atoms with E-state index in [1.165, 1.54) is 23.9 Å². The molecule has 1 aromatic heterocycles. The number of fused-ring (bicyclic) bond motifs is 1. The van der Waals surface area contributed by atoms with Gasteiger partial charge >= 0.3 is 0 Å². The quantitative estimate of drug-likeness (QED) is 0.264. The molecule has 3 aromatic carbocycles. The second kappa shape index (κ2) is 13.2. The lowest BCUT2D eigenvalue weighted by atomic mass is 10.2. The molecule has 2 N–H and O–H groups in total. The molecule has 0 atom stereocenters. The van der Waals surface area contributed by atoms with E-state index in [4.69, 9.17) is 9.72 Å². The van der Waals surface area contributed by atoms with Crippen molar-refractivity contribution in [3.63, 3.8) is 0 Å². The fourth-order valence-electron chi connectivity index (χ4n) is 4.27. The molecule has 0 radical (unpaired) electrons. The van der Waals surface area contributed by atoms with Gasteiger partial charge in [-0.15, -0.1) is 12.4 Å². The molecule has 0 spiro atoms. The molecule has 0 bridgehead atoms. The Morgan fingerprint density at radius 3 is 2.40 bits per heavy atom. The summed E-state index contributed by atoms with van der Waals surface area (Å²) >= 11 is 5.23. The van der Waals surface area contributed by atoms with Gasteiger partial charge in [-0.2, -0.15) is 0 Å². The van der Waals surface area contributed by atoms with Crippen molar-refractivity contribution in [3.05, 3.63) is 76.8 Å². The Morgan fingerprint density at radius 1 is 1.02 bits per heavy atom. The first-order valence-corrected chi connectivity index (χ1v) is 15.5. The number of thiazole rings is 1. The molecule has 40 heavy (non-hydrogen) atoms. The van der Waals surface area contributed by atoms with Gasteiger partial charge in [0.05, 0.1) is 22.2 Å². The number of anilines is 2. The molecule has 2 heterocycles. The molecule has 212 valence electrons. The highest BCUT2D eigenvalue weighted by Crippen LogP contribution is 2.31. The molecule has 1 fully saturated rings. The van der Waals surface area contributed by atoms with Gasteiger partial charge in [-0.3, -0.25) is 14.4 Å². The van der Waals surface area contributed by atoms with Crippen LogP contribution in [0, 0.1) is 0 Å². The zero-order valence-electron chi connectivity index (χ0n) is 21.7. The van der Waals surface area contributed by atoms with Crippen molar-refractivity contribution >= 4 is 76.6 Å². The van der Waals surface area contributed by atoms with E-state index in [0.717, 1.165) is 47.8 Å². The van der Waals surface area contributed by atoms with Crippen molar-refractivity contribution in [2.75, 3.05) is 56.0 Å². The number of aromatic nitrogens is 1. The fraction of sp³-hybridized carbons (Fsp3) is 0.259. The average molecular weight is 667 g/mol. The minimum atomic E-state index is -3.75. The lowest BCUT2D eigenvalue weighted by Crippen LogP contribution is -2.48. The number of carbonyl (C=O) groups excluding carboxylic acids is 1. The van der Waals surface area contributed by atoms with Crippen LogP contribution in [-0.4, -0.2) is 70.6 Å². The molecule has 0 saturated carbocycles. The fourth-order valence-corrected chi connectivity index (χ4v) is 6.90. The molecule has 0 unspecified atom stereocenters. The Balaban J connectivity index is 0.00000370. The first-order chi connectivity index (χ1) is 18.8. The first-order valence-electron chi connectivity index (χ1n) is 12.4. The van der Waals surface area contributed by atoms with Crippen LogP contribution in [0.1, 0.15) is 10.4 Å². The van der Waals surface area contributed by atoms with E-state index in [0.29, 0.717) is 23.5 Å². The lowest BCUT2D eigenvalue weighted by molar-refractivity contribution is 0.0948. The van der Waals surface area contributed by atoms with Crippen LogP contribution in [0.3, 0.4) is 0 Å². The number of rotatable bonds is 9. The van der Waals surface area contributed by atoms with Gasteiger partial charge in [0.2, 0.25) is 0 Å². The number of benzene rings is 3. The van der Waals surface area contributed by atoms with Gasteiger partial charge in [0.25, 0.3) is 15.9 Å². The number of nitrogens with zero attached hydrogens (tertiary/aromatic N) is 3. The van der Waals surface area contributed by atoms with Crippen LogP contribution in [0.15, 0.2) is 76.1 Å². The van der Waals surface area contributed by atoms with Crippen LogP contribution < -0.4 is 19.7 Å². The highest BCUT2D eigenvalue weighted by atomic mass is 79.9. The summed E-state index contributed by atoms with van der Waals surface area (Å²) in [6, 6.07) is 18.6. The third-order valence-electron chi connectivity index (χ3n) is 6.46. The third kappa shape index (κ3) is 7.24. The van der Waals surface area contributed by atoms with Gasteiger partial charge in [0, 0.05) is 55.0 Å². The maximum Gasteiger partial charge on any atom is 0.261 e. The highest BCUT2D eigenvalue weighted by molar-refractivity contribution is 9.10. The molecule has 1 aliphatic heterocycles. The number of nitrogens with one attached hydrogen (secondary N) is 2. The maximum absolute atomic E-state index is 12.6. The summed E-state index contributed by atoms with van der Waals surface area (Å²) in [6.45, 7) is 4.87. The molecule has 1 aliphatic rings. The molecular formula is C27H29BrClN5O4S2. The maximum atomic E-state index is 12.6. The Kier molecular flexibility index (Phi) is 9.90. The minimum absolute atomic E-state index is 0. The van der Waals surface area contributed by atoms with Crippen molar-refractivity contribution in [1.29, 1.82) is 0 Å². The van der Waals surface area contributed by atoms with Crippen molar-refractivity contribution in [1.82, 2.24) is 15.2 Å². The number of piperazine rings is 1. The number of carbonyl (C=O) groups is 1. The van der Waals surface area contributed by atoms with Gasteiger partial charge in [-0.1, -0.05) is 27.3 Å². The Hall–Kier alpha value is -2.90. The van der Waals surface area contributed by atoms with Crippen LogP contribution in [0.4, 0.5) is 10.8 Å². The Bertz CT molecular complexity index is 1560. The zero-order valence-corrected chi connectivity index (χ0v) is 25.7. The second-order valence-corrected chi connectivity index (χ2v) is 12.7. The molecule has 5 rings (SSSR count). The number of amides is 1. The molecule has 1 saturated heterocycles. The number of sulfonamides is 1. The van der Waals surface area contributed by atoms with E-state index >= 15 is 0 Å². The van der Waals surface area contributed by atoms with Crippen LogP contribution in [0.5, 0.6) is 5.75 Å². The summed E-state index contributed by atoms with van der Waals surface area (Å²) in [6.07, 6.45) is 0. The summed E-state index contributed by atoms with van der Waals surface area (Å²) in [5.74, 6) is 0.378. The molecule has 0 aliphatic carbocycles. The van der Waals surface area contributed by atoms with E-state index in [2.05, 4.69) is 41.8 Å². The summed E-state index contributed by atoms with van der Waals surface area (Å²) in [4.78, 5) is 22.2. The monoisotopic (exact) mass is 665 g/mol.